The first-order chi connectivity index (χ1) is 9.82. The Labute approximate surface area is 126 Å². The number of carboxylic acid groups (broad SMARTS) is 1. The Balaban J connectivity index is 2.39. The van der Waals surface area contributed by atoms with Gasteiger partial charge >= 0.3 is 5.97 Å². The molecule has 2 atom stereocenters. The first-order valence-electron chi connectivity index (χ1n) is 7.07. The van der Waals surface area contributed by atoms with Gasteiger partial charge in [0.2, 0.25) is 10.0 Å². The zero-order chi connectivity index (χ0) is 15.9. The van der Waals surface area contributed by atoms with Gasteiger partial charge in [0.15, 0.2) is 0 Å². The highest BCUT2D eigenvalue weighted by atomic mass is 32.2. The maximum Gasteiger partial charge on any atom is 0.306 e. The van der Waals surface area contributed by atoms with Crippen LogP contribution in [0.1, 0.15) is 38.2 Å². The second kappa shape index (κ2) is 8.14. The second-order valence-corrected chi connectivity index (χ2v) is 7.22. The number of hydrogen-bond acceptors (Lipinski definition) is 3. The lowest BCUT2D eigenvalue weighted by Gasteiger charge is -2.13. The summed E-state index contributed by atoms with van der Waals surface area (Å²) in [6.45, 7) is 3.77. The lowest BCUT2D eigenvalue weighted by molar-refractivity contribution is -0.141. The number of rotatable bonds is 9. The molecule has 0 aromatic heterocycles. The summed E-state index contributed by atoms with van der Waals surface area (Å²) in [5.41, 5.74) is 0.988. The molecule has 0 bridgehead atoms. The molecule has 2 N–H and O–H groups in total. The average Bonchev–Trinajstić information content (AvgIpc) is 2.43. The Hall–Kier alpha value is -1.40. The fourth-order valence-electron chi connectivity index (χ4n) is 2.03. The highest BCUT2D eigenvalue weighted by molar-refractivity contribution is 7.89. The normalized spacial score (nSPS) is 14.6. The number of carboxylic acids is 1. The van der Waals surface area contributed by atoms with Crippen molar-refractivity contribution in [3.63, 3.8) is 0 Å². The third-order valence-corrected chi connectivity index (χ3v) is 4.98. The third-order valence-electron chi connectivity index (χ3n) is 3.40. The molecule has 5 nitrogen and oxygen atoms in total. The molecule has 0 aliphatic carbocycles. The first kappa shape index (κ1) is 17.7. The van der Waals surface area contributed by atoms with Gasteiger partial charge in [-0.1, -0.05) is 44.2 Å². The predicted octanol–water partition coefficient (Wildman–Crippen LogP) is 2.21. The Morgan fingerprint density at radius 1 is 1.24 bits per heavy atom. The minimum atomic E-state index is -3.34. The zero-order valence-corrected chi connectivity index (χ0v) is 13.3. The predicted molar refractivity (Wildman–Crippen MR) is 82.7 cm³/mol. The van der Waals surface area contributed by atoms with E-state index in [0.717, 1.165) is 5.56 Å². The largest absolute Gasteiger partial charge is 0.481 e. The molecule has 6 heteroatoms. The van der Waals surface area contributed by atoms with E-state index in [9.17, 15) is 13.2 Å². The van der Waals surface area contributed by atoms with Crippen LogP contribution in [0.25, 0.3) is 0 Å². The number of hydrogen-bond donors (Lipinski definition) is 2. The van der Waals surface area contributed by atoms with Gasteiger partial charge in [-0.15, -0.1) is 0 Å². The van der Waals surface area contributed by atoms with Crippen LogP contribution in [0.5, 0.6) is 0 Å². The molecule has 0 radical (unpaired) electrons. The van der Waals surface area contributed by atoms with E-state index in [0.29, 0.717) is 12.8 Å². The SMILES string of the molecule is CC(CCCNS(=O)(=O)CC(C)c1ccccc1)C(=O)O. The number of carbonyl (C=O) groups is 1. The van der Waals surface area contributed by atoms with Gasteiger partial charge in [-0.2, -0.15) is 0 Å². The monoisotopic (exact) mass is 313 g/mol. The van der Waals surface area contributed by atoms with Crippen LogP contribution in [0.3, 0.4) is 0 Å². The van der Waals surface area contributed by atoms with Crippen LogP contribution in [-0.2, 0) is 14.8 Å². The van der Waals surface area contributed by atoms with Crippen molar-refractivity contribution in [3.8, 4) is 0 Å². The van der Waals surface area contributed by atoms with Gasteiger partial charge in [-0.3, -0.25) is 4.79 Å². The van der Waals surface area contributed by atoms with E-state index in [2.05, 4.69) is 4.72 Å². The third kappa shape index (κ3) is 6.73. The molecule has 1 rings (SSSR count). The summed E-state index contributed by atoms with van der Waals surface area (Å²) < 4.78 is 26.5. The molecule has 0 heterocycles. The fraction of sp³-hybridized carbons (Fsp3) is 0.533. The maximum absolute atomic E-state index is 12.0. The fourth-order valence-corrected chi connectivity index (χ4v) is 3.45. The van der Waals surface area contributed by atoms with E-state index < -0.39 is 21.9 Å². The molecule has 118 valence electrons. The van der Waals surface area contributed by atoms with E-state index in [4.69, 9.17) is 5.11 Å². The van der Waals surface area contributed by atoms with E-state index in [-0.39, 0.29) is 18.2 Å². The molecular weight excluding hydrogens is 290 g/mol. The summed E-state index contributed by atoms with van der Waals surface area (Å²) >= 11 is 0. The zero-order valence-electron chi connectivity index (χ0n) is 12.5. The smallest absolute Gasteiger partial charge is 0.306 e. The summed E-state index contributed by atoms with van der Waals surface area (Å²) in [4.78, 5) is 10.7. The molecule has 0 aliphatic heterocycles. The maximum atomic E-state index is 12.0. The molecule has 0 fully saturated rings. The van der Waals surface area contributed by atoms with Crippen molar-refractivity contribution in [2.75, 3.05) is 12.3 Å². The molecule has 1 aromatic rings. The van der Waals surface area contributed by atoms with Gasteiger partial charge in [0, 0.05) is 6.54 Å². The van der Waals surface area contributed by atoms with Crippen LogP contribution in [0, 0.1) is 5.92 Å². The van der Waals surface area contributed by atoms with Crippen molar-refractivity contribution in [3.05, 3.63) is 35.9 Å². The summed E-state index contributed by atoms with van der Waals surface area (Å²) in [6.07, 6.45) is 0.985. The molecule has 2 unspecified atom stereocenters. The summed E-state index contributed by atoms with van der Waals surface area (Å²) in [6, 6.07) is 9.49. The lowest BCUT2D eigenvalue weighted by Crippen LogP contribution is -2.29. The summed E-state index contributed by atoms with van der Waals surface area (Å²) in [7, 11) is -3.34. The minimum Gasteiger partial charge on any atom is -0.481 e. The van der Waals surface area contributed by atoms with Gasteiger partial charge in [0.1, 0.15) is 0 Å². The van der Waals surface area contributed by atoms with E-state index in [1.54, 1.807) is 6.92 Å². The highest BCUT2D eigenvalue weighted by Gasteiger charge is 2.17. The van der Waals surface area contributed by atoms with Crippen molar-refractivity contribution >= 4 is 16.0 Å². The average molecular weight is 313 g/mol. The number of benzene rings is 1. The van der Waals surface area contributed by atoms with Crippen molar-refractivity contribution in [2.24, 2.45) is 5.92 Å². The van der Waals surface area contributed by atoms with Crippen LogP contribution >= 0.6 is 0 Å². The van der Waals surface area contributed by atoms with Crippen LogP contribution in [0.4, 0.5) is 0 Å². The van der Waals surface area contributed by atoms with Gasteiger partial charge in [0.25, 0.3) is 0 Å². The number of aliphatic carboxylic acids is 1. The van der Waals surface area contributed by atoms with Crippen molar-refractivity contribution in [2.45, 2.75) is 32.6 Å². The molecule has 0 saturated carbocycles. The minimum absolute atomic E-state index is 0.0332. The van der Waals surface area contributed by atoms with Crippen molar-refractivity contribution < 1.29 is 18.3 Å². The van der Waals surface area contributed by atoms with E-state index >= 15 is 0 Å². The molecule has 0 spiro atoms. The first-order valence-corrected chi connectivity index (χ1v) is 8.72. The second-order valence-electron chi connectivity index (χ2n) is 5.37. The number of sulfonamides is 1. The molecule has 21 heavy (non-hydrogen) atoms. The molecule has 1 aromatic carbocycles. The molecule has 0 aliphatic rings. The molecular formula is C15H23NO4S. The van der Waals surface area contributed by atoms with Gasteiger partial charge in [-0.25, -0.2) is 13.1 Å². The van der Waals surface area contributed by atoms with Crippen LogP contribution in [0.2, 0.25) is 0 Å². The van der Waals surface area contributed by atoms with Crippen LogP contribution in [-0.4, -0.2) is 31.8 Å². The van der Waals surface area contributed by atoms with Crippen molar-refractivity contribution in [1.82, 2.24) is 4.72 Å². The van der Waals surface area contributed by atoms with Gasteiger partial charge < -0.3 is 5.11 Å². The standard InChI is InChI=1S/C15H23NO4S/c1-12(15(17)18)7-6-10-16-21(19,20)11-13(2)14-8-4-3-5-9-14/h3-5,8-9,12-13,16H,6-7,10-11H2,1-2H3,(H,17,18). The Kier molecular flexibility index (Phi) is 6.84. The summed E-state index contributed by atoms with van der Waals surface area (Å²) in [5.74, 6) is -1.35. The van der Waals surface area contributed by atoms with Crippen LogP contribution in [0.15, 0.2) is 30.3 Å². The number of nitrogens with one attached hydrogen (secondary N) is 1. The Bertz CT molecular complexity index is 542. The Morgan fingerprint density at radius 2 is 1.86 bits per heavy atom. The van der Waals surface area contributed by atoms with Gasteiger partial charge in [-0.05, 0) is 24.3 Å². The van der Waals surface area contributed by atoms with Crippen LogP contribution < -0.4 is 4.72 Å². The highest BCUT2D eigenvalue weighted by Crippen LogP contribution is 2.16. The Morgan fingerprint density at radius 3 is 2.43 bits per heavy atom. The lowest BCUT2D eigenvalue weighted by atomic mass is 10.0. The molecule has 0 saturated heterocycles. The van der Waals surface area contributed by atoms with E-state index in [1.807, 2.05) is 37.3 Å². The van der Waals surface area contributed by atoms with E-state index in [1.165, 1.54) is 0 Å². The quantitative estimate of drug-likeness (QED) is 0.685. The molecule has 0 amide bonds. The van der Waals surface area contributed by atoms with Crippen molar-refractivity contribution in [1.29, 1.82) is 0 Å². The van der Waals surface area contributed by atoms with Gasteiger partial charge in [0.05, 0.1) is 11.7 Å². The summed E-state index contributed by atoms with van der Waals surface area (Å²) in [5, 5.41) is 8.75. The topological polar surface area (TPSA) is 83.5 Å².